The SMILES string of the molecule is Cn1c(C(=O)N/N=C/c2ccccc2Cl)cnc1SCc1ccc(Cl)cc1. The van der Waals surface area contributed by atoms with E-state index in [1.54, 1.807) is 17.7 Å². The molecule has 0 atom stereocenters. The van der Waals surface area contributed by atoms with E-state index in [9.17, 15) is 4.79 Å². The lowest BCUT2D eigenvalue weighted by Gasteiger charge is -2.05. The lowest BCUT2D eigenvalue weighted by Crippen LogP contribution is -2.20. The Hall–Kier alpha value is -2.28. The Balaban J connectivity index is 1.61. The molecule has 0 aliphatic heterocycles. The first kappa shape index (κ1) is 19.5. The van der Waals surface area contributed by atoms with E-state index in [1.807, 2.05) is 42.5 Å². The standard InChI is InChI=1S/C19H16Cl2N4OS/c1-25-17(18(26)24-23-10-14-4-2-3-5-16(14)21)11-22-19(25)27-12-13-6-8-15(20)9-7-13/h2-11H,12H2,1H3,(H,24,26)/b23-10+. The number of nitrogens with zero attached hydrogens (tertiary/aromatic N) is 3. The van der Waals surface area contributed by atoms with Crippen LogP contribution in [0.1, 0.15) is 21.6 Å². The van der Waals surface area contributed by atoms with Crippen LogP contribution in [0, 0.1) is 0 Å². The van der Waals surface area contributed by atoms with Gasteiger partial charge in [-0.2, -0.15) is 5.10 Å². The van der Waals surface area contributed by atoms with E-state index < -0.39 is 0 Å². The van der Waals surface area contributed by atoms with Gasteiger partial charge in [0.1, 0.15) is 5.69 Å². The van der Waals surface area contributed by atoms with Crippen LogP contribution in [-0.2, 0) is 12.8 Å². The summed E-state index contributed by atoms with van der Waals surface area (Å²) in [5.74, 6) is 0.389. The highest BCUT2D eigenvalue weighted by Gasteiger charge is 2.14. The summed E-state index contributed by atoms with van der Waals surface area (Å²) in [6.07, 6.45) is 3.04. The number of rotatable bonds is 6. The van der Waals surface area contributed by atoms with Gasteiger partial charge in [0.05, 0.1) is 12.4 Å². The van der Waals surface area contributed by atoms with E-state index in [4.69, 9.17) is 23.2 Å². The molecular formula is C19H16Cl2N4OS. The number of hydrogen-bond acceptors (Lipinski definition) is 4. The second-order valence-electron chi connectivity index (χ2n) is 5.62. The van der Waals surface area contributed by atoms with E-state index in [0.717, 1.165) is 22.0 Å². The van der Waals surface area contributed by atoms with Crippen molar-refractivity contribution in [3.8, 4) is 0 Å². The predicted molar refractivity (Wildman–Crippen MR) is 111 cm³/mol. The molecule has 1 N–H and O–H groups in total. The summed E-state index contributed by atoms with van der Waals surface area (Å²) in [5, 5.41) is 5.97. The number of benzene rings is 2. The molecule has 3 rings (SSSR count). The van der Waals surface area contributed by atoms with Crippen LogP contribution in [0.25, 0.3) is 0 Å². The molecule has 3 aromatic rings. The first-order valence-corrected chi connectivity index (χ1v) is 9.75. The maximum atomic E-state index is 12.3. The van der Waals surface area contributed by atoms with Crippen LogP contribution in [0.5, 0.6) is 0 Å². The first-order valence-electron chi connectivity index (χ1n) is 8.01. The summed E-state index contributed by atoms with van der Waals surface area (Å²) in [6.45, 7) is 0. The molecule has 0 aliphatic carbocycles. The normalized spacial score (nSPS) is 11.1. The summed E-state index contributed by atoms with van der Waals surface area (Å²) in [6, 6.07) is 14.9. The molecule has 138 valence electrons. The molecule has 27 heavy (non-hydrogen) atoms. The number of carbonyl (C=O) groups is 1. The largest absolute Gasteiger partial charge is 0.318 e. The van der Waals surface area contributed by atoms with Crippen molar-refractivity contribution in [1.82, 2.24) is 15.0 Å². The Morgan fingerprint density at radius 1 is 1.22 bits per heavy atom. The molecule has 2 aromatic carbocycles. The van der Waals surface area contributed by atoms with Gasteiger partial charge in [0.2, 0.25) is 0 Å². The number of halogens is 2. The van der Waals surface area contributed by atoms with Crippen LogP contribution in [0.2, 0.25) is 10.0 Å². The molecule has 0 fully saturated rings. The fourth-order valence-corrected chi connectivity index (χ4v) is 3.48. The predicted octanol–water partition coefficient (Wildman–Crippen LogP) is 4.78. The Kier molecular flexibility index (Phi) is 6.55. The number of amides is 1. The highest BCUT2D eigenvalue weighted by Crippen LogP contribution is 2.23. The smallest absolute Gasteiger partial charge is 0.289 e. The highest BCUT2D eigenvalue weighted by atomic mass is 35.5. The van der Waals surface area contributed by atoms with Gasteiger partial charge in [0, 0.05) is 28.4 Å². The summed E-state index contributed by atoms with van der Waals surface area (Å²) in [4.78, 5) is 16.6. The van der Waals surface area contributed by atoms with Crippen molar-refractivity contribution in [2.24, 2.45) is 12.1 Å². The minimum absolute atomic E-state index is 0.341. The van der Waals surface area contributed by atoms with Gasteiger partial charge in [-0.3, -0.25) is 4.79 Å². The third-order valence-electron chi connectivity index (χ3n) is 3.73. The molecule has 5 nitrogen and oxygen atoms in total. The van der Waals surface area contributed by atoms with Gasteiger partial charge in [-0.05, 0) is 23.8 Å². The van der Waals surface area contributed by atoms with Crippen LogP contribution in [0.3, 0.4) is 0 Å². The second kappa shape index (κ2) is 9.08. The fourth-order valence-electron chi connectivity index (χ4n) is 2.26. The van der Waals surface area contributed by atoms with Gasteiger partial charge < -0.3 is 4.57 Å². The van der Waals surface area contributed by atoms with Crippen LogP contribution in [0.4, 0.5) is 0 Å². The monoisotopic (exact) mass is 418 g/mol. The van der Waals surface area contributed by atoms with E-state index in [1.165, 1.54) is 24.2 Å². The quantitative estimate of drug-likeness (QED) is 0.355. The van der Waals surface area contributed by atoms with Crippen LogP contribution in [0.15, 0.2) is 65.0 Å². The maximum absolute atomic E-state index is 12.3. The van der Waals surface area contributed by atoms with E-state index in [-0.39, 0.29) is 5.91 Å². The van der Waals surface area contributed by atoms with Gasteiger partial charge in [-0.1, -0.05) is 65.3 Å². The van der Waals surface area contributed by atoms with Gasteiger partial charge in [-0.25, -0.2) is 10.4 Å². The zero-order valence-corrected chi connectivity index (χ0v) is 16.7. The number of aromatic nitrogens is 2. The van der Waals surface area contributed by atoms with Gasteiger partial charge in [-0.15, -0.1) is 0 Å². The molecule has 8 heteroatoms. The van der Waals surface area contributed by atoms with Crippen LogP contribution >= 0.6 is 35.0 Å². The highest BCUT2D eigenvalue weighted by molar-refractivity contribution is 7.98. The van der Waals surface area contributed by atoms with Crippen molar-refractivity contribution in [3.05, 3.63) is 81.6 Å². The van der Waals surface area contributed by atoms with Crippen molar-refractivity contribution >= 4 is 47.1 Å². The number of thioether (sulfide) groups is 1. The molecule has 1 amide bonds. The van der Waals surface area contributed by atoms with Crippen molar-refractivity contribution in [2.75, 3.05) is 0 Å². The third kappa shape index (κ3) is 5.13. The molecule has 0 saturated heterocycles. The van der Waals surface area contributed by atoms with Crippen molar-refractivity contribution in [1.29, 1.82) is 0 Å². The number of nitrogens with one attached hydrogen (secondary N) is 1. The summed E-state index contributed by atoms with van der Waals surface area (Å²) < 4.78 is 1.74. The van der Waals surface area contributed by atoms with Crippen molar-refractivity contribution in [2.45, 2.75) is 10.9 Å². The third-order valence-corrected chi connectivity index (χ3v) is 5.45. The molecule has 0 aliphatic rings. The Labute approximate surface area is 171 Å². The minimum Gasteiger partial charge on any atom is -0.318 e. The molecule has 0 spiro atoms. The maximum Gasteiger partial charge on any atom is 0.289 e. The number of hydrogen-bond donors (Lipinski definition) is 1. The topological polar surface area (TPSA) is 59.3 Å². The Morgan fingerprint density at radius 2 is 1.96 bits per heavy atom. The molecule has 0 unspecified atom stereocenters. The average molecular weight is 419 g/mol. The summed E-state index contributed by atoms with van der Waals surface area (Å²) in [7, 11) is 1.80. The van der Waals surface area contributed by atoms with E-state index >= 15 is 0 Å². The number of imidazole rings is 1. The molecule has 0 bridgehead atoms. The van der Waals surface area contributed by atoms with Gasteiger partial charge >= 0.3 is 0 Å². The van der Waals surface area contributed by atoms with E-state index in [0.29, 0.717) is 15.7 Å². The van der Waals surface area contributed by atoms with Crippen molar-refractivity contribution < 1.29 is 4.79 Å². The Bertz CT molecular complexity index is 970. The fraction of sp³-hybridized carbons (Fsp3) is 0.105. The molecule has 1 aromatic heterocycles. The lowest BCUT2D eigenvalue weighted by molar-refractivity contribution is 0.0946. The minimum atomic E-state index is -0.341. The first-order chi connectivity index (χ1) is 13.0. The van der Waals surface area contributed by atoms with Gasteiger partial charge in [0.25, 0.3) is 5.91 Å². The van der Waals surface area contributed by atoms with Crippen LogP contribution < -0.4 is 5.43 Å². The molecule has 0 radical (unpaired) electrons. The molecule has 0 saturated carbocycles. The molecular weight excluding hydrogens is 403 g/mol. The zero-order chi connectivity index (χ0) is 19.2. The zero-order valence-electron chi connectivity index (χ0n) is 14.4. The summed E-state index contributed by atoms with van der Waals surface area (Å²) >= 11 is 13.5. The van der Waals surface area contributed by atoms with E-state index in [2.05, 4.69) is 15.5 Å². The number of carbonyl (C=O) groups excluding carboxylic acids is 1. The summed E-state index contributed by atoms with van der Waals surface area (Å²) in [5.41, 5.74) is 4.77. The van der Waals surface area contributed by atoms with Gasteiger partial charge in [0.15, 0.2) is 5.16 Å². The lowest BCUT2D eigenvalue weighted by atomic mass is 10.2. The average Bonchev–Trinajstić information content (AvgIpc) is 3.03. The second-order valence-corrected chi connectivity index (χ2v) is 7.41. The number of hydrazone groups is 1. The Morgan fingerprint density at radius 3 is 2.70 bits per heavy atom. The molecule has 1 heterocycles. The van der Waals surface area contributed by atoms with Crippen molar-refractivity contribution in [3.63, 3.8) is 0 Å². The van der Waals surface area contributed by atoms with Crippen LogP contribution in [-0.4, -0.2) is 21.7 Å².